The highest BCUT2D eigenvalue weighted by Gasteiger charge is 2.16. The van der Waals surface area contributed by atoms with Crippen molar-refractivity contribution in [1.82, 2.24) is 0 Å². The van der Waals surface area contributed by atoms with Crippen LogP contribution in [0.25, 0.3) is 0 Å². The maximum atomic E-state index is 11.2. The molecule has 6 nitrogen and oxygen atoms in total. The predicted molar refractivity (Wildman–Crippen MR) is 63.6 cm³/mol. The van der Waals surface area contributed by atoms with Gasteiger partial charge in [-0.15, -0.1) is 0 Å². The lowest BCUT2D eigenvalue weighted by Gasteiger charge is -2.14. The van der Waals surface area contributed by atoms with Crippen molar-refractivity contribution in [3.63, 3.8) is 0 Å². The minimum Gasteiger partial charge on any atom is -0.497 e. The minimum atomic E-state index is -0.789. The smallest absolute Gasteiger partial charge is 0.346 e. The van der Waals surface area contributed by atoms with Crippen LogP contribution in [0.3, 0.4) is 0 Å². The molecule has 98 valence electrons. The molecule has 0 saturated carbocycles. The van der Waals surface area contributed by atoms with Crippen LogP contribution in [0.1, 0.15) is 17.3 Å². The van der Waals surface area contributed by atoms with Crippen molar-refractivity contribution in [3.8, 4) is 11.5 Å². The first-order chi connectivity index (χ1) is 8.47. The standard InChI is InChI=1S/C12H15NO5/c1-7(12(15)17-3)18-10-5-8(11(13)14)4-9(6-10)16-2/h4-7H,1-3H3,(H2,13,14)/t7-/m1/s1. The van der Waals surface area contributed by atoms with Gasteiger partial charge < -0.3 is 19.9 Å². The summed E-state index contributed by atoms with van der Waals surface area (Å²) in [7, 11) is 2.72. The van der Waals surface area contributed by atoms with Crippen LogP contribution in [0, 0.1) is 0 Å². The van der Waals surface area contributed by atoms with Gasteiger partial charge in [-0.1, -0.05) is 0 Å². The summed E-state index contributed by atoms with van der Waals surface area (Å²) in [5.41, 5.74) is 5.42. The molecule has 0 saturated heterocycles. The van der Waals surface area contributed by atoms with E-state index in [2.05, 4.69) is 4.74 Å². The number of ether oxygens (including phenoxy) is 3. The third-order valence-electron chi connectivity index (χ3n) is 2.25. The van der Waals surface area contributed by atoms with E-state index in [1.807, 2.05) is 0 Å². The highest BCUT2D eigenvalue weighted by atomic mass is 16.6. The van der Waals surface area contributed by atoms with Crippen molar-refractivity contribution in [2.24, 2.45) is 5.73 Å². The SMILES string of the molecule is COC(=O)[C@@H](C)Oc1cc(OC)cc(C(N)=O)c1. The molecule has 0 fully saturated rings. The molecule has 1 aromatic rings. The summed E-state index contributed by atoms with van der Waals surface area (Å²) in [5.74, 6) is -0.401. The van der Waals surface area contributed by atoms with Gasteiger partial charge in [-0.25, -0.2) is 4.79 Å². The number of hydrogen-bond acceptors (Lipinski definition) is 5. The van der Waals surface area contributed by atoms with E-state index in [4.69, 9.17) is 15.2 Å². The molecule has 18 heavy (non-hydrogen) atoms. The number of primary amides is 1. The van der Waals surface area contributed by atoms with Crippen molar-refractivity contribution >= 4 is 11.9 Å². The van der Waals surface area contributed by atoms with Crippen molar-refractivity contribution in [2.75, 3.05) is 14.2 Å². The average Bonchev–Trinajstić information content (AvgIpc) is 2.36. The predicted octanol–water partition coefficient (Wildman–Crippen LogP) is 0.734. The molecule has 0 unspecified atom stereocenters. The second-order valence-electron chi connectivity index (χ2n) is 3.54. The van der Waals surface area contributed by atoms with Gasteiger partial charge in [0, 0.05) is 11.6 Å². The lowest BCUT2D eigenvalue weighted by molar-refractivity contribution is -0.147. The normalized spacial score (nSPS) is 11.5. The van der Waals surface area contributed by atoms with Gasteiger partial charge in [0.05, 0.1) is 14.2 Å². The molecule has 0 heterocycles. The van der Waals surface area contributed by atoms with Crippen LogP contribution in [-0.2, 0) is 9.53 Å². The first-order valence-electron chi connectivity index (χ1n) is 5.21. The molecule has 0 aliphatic rings. The maximum absolute atomic E-state index is 11.2. The van der Waals surface area contributed by atoms with Gasteiger partial charge in [-0.05, 0) is 19.1 Å². The molecule has 0 aliphatic carbocycles. The Hall–Kier alpha value is -2.24. The Morgan fingerprint density at radius 3 is 2.28 bits per heavy atom. The number of nitrogens with two attached hydrogens (primary N) is 1. The fraction of sp³-hybridized carbons (Fsp3) is 0.333. The lowest BCUT2D eigenvalue weighted by atomic mass is 10.2. The Bertz CT molecular complexity index is 458. The molecule has 1 amide bonds. The zero-order valence-electron chi connectivity index (χ0n) is 10.4. The Kier molecular flexibility index (Phi) is 4.53. The fourth-order valence-corrected chi connectivity index (χ4v) is 1.32. The Labute approximate surface area is 105 Å². The number of carbonyl (C=O) groups is 2. The van der Waals surface area contributed by atoms with Gasteiger partial charge in [0.1, 0.15) is 11.5 Å². The van der Waals surface area contributed by atoms with Gasteiger partial charge >= 0.3 is 5.97 Å². The molecule has 2 N–H and O–H groups in total. The van der Waals surface area contributed by atoms with Crippen molar-refractivity contribution in [1.29, 1.82) is 0 Å². The van der Waals surface area contributed by atoms with Gasteiger partial charge in [0.15, 0.2) is 6.10 Å². The molecule has 0 aliphatic heterocycles. The number of methoxy groups -OCH3 is 2. The lowest BCUT2D eigenvalue weighted by Crippen LogP contribution is -2.25. The molecule has 1 atom stereocenters. The number of esters is 1. The van der Waals surface area contributed by atoms with Crippen molar-refractivity contribution in [3.05, 3.63) is 23.8 Å². The van der Waals surface area contributed by atoms with Crippen LogP contribution < -0.4 is 15.2 Å². The highest BCUT2D eigenvalue weighted by molar-refractivity contribution is 5.93. The minimum absolute atomic E-state index is 0.237. The molecule has 1 rings (SSSR count). The summed E-state index contributed by atoms with van der Waals surface area (Å²) in [4.78, 5) is 22.3. The second kappa shape index (κ2) is 5.90. The van der Waals surface area contributed by atoms with Gasteiger partial charge in [-0.3, -0.25) is 4.79 Å². The molecule has 1 aromatic carbocycles. The molecule has 0 spiro atoms. The van der Waals surface area contributed by atoms with Crippen LogP contribution in [0.15, 0.2) is 18.2 Å². The number of hydrogen-bond donors (Lipinski definition) is 1. The number of benzene rings is 1. The van der Waals surface area contributed by atoms with Crippen LogP contribution in [0.5, 0.6) is 11.5 Å². The summed E-state index contributed by atoms with van der Waals surface area (Å²) >= 11 is 0. The van der Waals surface area contributed by atoms with Gasteiger partial charge in [0.2, 0.25) is 5.91 Å². The fourth-order valence-electron chi connectivity index (χ4n) is 1.32. The Balaban J connectivity index is 2.98. The zero-order valence-corrected chi connectivity index (χ0v) is 10.4. The van der Waals surface area contributed by atoms with E-state index in [1.54, 1.807) is 6.07 Å². The van der Waals surface area contributed by atoms with Crippen LogP contribution >= 0.6 is 0 Å². The number of amides is 1. The molecule has 6 heteroatoms. The summed E-state index contributed by atoms with van der Waals surface area (Å²) in [6.07, 6.45) is -0.789. The topological polar surface area (TPSA) is 87.8 Å². The van der Waals surface area contributed by atoms with Gasteiger partial charge in [-0.2, -0.15) is 0 Å². The highest BCUT2D eigenvalue weighted by Crippen LogP contribution is 2.23. The molecular formula is C12H15NO5. The van der Waals surface area contributed by atoms with Crippen molar-refractivity contribution in [2.45, 2.75) is 13.0 Å². The summed E-state index contributed by atoms with van der Waals surface area (Å²) in [5, 5.41) is 0. The third kappa shape index (κ3) is 3.38. The van der Waals surface area contributed by atoms with E-state index < -0.39 is 18.0 Å². The average molecular weight is 253 g/mol. The van der Waals surface area contributed by atoms with E-state index in [0.717, 1.165) is 0 Å². The quantitative estimate of drug-likeness (QED) is 0.782. The molecule has 0 aromatic heterocycles. The summed E-state index contributed by atoms with van der Waals surface area (Å²) in [6.45, 7) is 1.54. The maximum Gasteiger partial charge on any atom is 0.346 e. The van der Waals surface area contributed by atoms with E-state index in [1.165, 1.54) is 33.3 Å². The molecule has 0 radical (unpaired) electrons. The largest absolute Gasteiger partial charge is 0.497 e. The van der Waals surface area contributed by atoms with E-state index in [-0.39, 0.29) is 5.56 Å². The van der Waals surface area contributed by atoms with E-state index in [0.29, 0.717) is 11.5 Å². The van der Waals surface area contributed by atoms with Crippen LogP contribution in [-0.4, -0.2) is 32.2 Å². The molecular weight excluding hydrogens is 238 g/mol. The summed E-state index contributed by atoms with van der Waals surface area (Å²) in [6, 6.07) is 4.47. The van der Waals surface area contributed by atoms with Crippen molar-refractivity contribution < 1.29 is 23.8 Å². The molecule has 0 bridgehead atoms. The van der Waals surface area contributed by atoms with E-state index in [9.17, 15) is 9.59 Å². The van der Waals surface area contributed by atoms with E-state index >= 15 is 0 Å². The van der Waals surface area contributed by atoms with Gasteiger partial charge in [0.25, 0.3) is 0 Å². The third-order valence-corrected chi connectivity index (χ3v) is 2.25. The Morgan fingerprint density at radius 1 is 1.17 bits per heavy atom. The summed E-state index contributed by atoms with van der Waals surface area (Å²) < 4.78 is 14.9. The number of carbonyl (C=O) groups excluding carboxylic acids is 2. The Morgan fingerprint density at radius 2 is 1.78 bits per heavy atom. The van der Waals surface area contributed by atoms with Crippen LogP contribution in [0.4, 0.5) is 0 Å². The second-order valence-corrected chi connectivity index (χ2v) is 3.54. The van der Waals surface area contributed by atoms with Crippen LogP contribution in [0.2, 0.25) is 0 Å². The first kappa shape index (κ1) is 13.8. The first-order valence-corrected chi connectivity index (χ1v) is 5.21. The zero-order chi connectivity index (χ0) is 13.7. The monoisotopic (exact) mass is 253 g/mol. The number of rotatable bonds is 5.